The summed E-state index contributed by atoms with van der Waals surface area (Å²) in [6.07, 6.45) is 2.14. The number of hydrogen-bond donors (Lipinski definition) is 0. The van der Waals surface area contributed by atoms with Crippen molar-refractivity contribution in [1.82, 2.24) is 0 Å². The van der Waals surface area contributed by atoms with Crippen molar-refractivity contribution in [3.63, 3.8) is 0 Å². The number of nitrogens with zero attached hydrogens (tertiary/aromatic N) is 1. The Morgan fingerprint density at radius 2 is 1.59 bits per heavy atom. The summed E-state index contributed by atoms with van der Waals surface area (Å²) in [4.78, 5) is 0. The monoisotopic (exact) mass is 294 g/mol. The van der Waals surface area contributed by atoms with Gasteiger partial charge in [-0.25, -0.2) is 8.96 Å². The molecule has 2 aromatic carbocycles. The van der Waals surface area contributed by atoms with Crippen molar-refractivity contribution in [3.05, 3.63) is 64.6 Å². The van der Waals surface area contributed by atoms with E-state index in [0.29, 0.717) is 5.56 Å². The molecule has 0 aliphatic heterocycles. The Morgan fingerprint density at radius 3 is 2.32 bits per heavy atom. The number of benzene rings is 2. The van der Waals surface area contributed by atoms with Crippen molar-refractivity contribution >= 4 is 10.8 Å². The van der Waals surface area contributed by atoms with E-state index in [1.807, 2.05) is 33.9 Å². The highest BCUT2D eigenvalue weighted by Gasteiger charge is 2.18. The first-order valence-electron chi connectivity index (χ1n) is 7.55. The van der Waals surface area contributed by atoms with Gasteiger partial charge in [0, 0.05) is 17.0 Å². The second-order valence-electron chi connectivity index (χ2n) is 6.21. The van der Waals surface area contributed by atoms with Gasteiger partial charge in [0.15, 0.2) is 6.20 Å². The molecule has 0 unspecified atom stereocenters. The summed E-state index contributed by atoms with van der Waals surface area (Å²) >= 11 is 0. The zero-order chi connectivity index (χ0) is 16.0. The molecule has 0 saturated heterocycles. The summed E-state index contributed by atoms with van der Waals surface area (Å²) in [6, 6.07) is 10.6. The van der Waals surface area contributed by atoms with Gasteiger partial charge >= 0.3 is 0 Å². The number of fused-ring (bicyclic) bond motifs is 1. The van der Waals surface area contributed by atoms with Crippen LogP contribution in [-0.4, -0.2) is 0 Å². The molecule has 3 rings (SSSR count). The van der Waals surface area contributed by atoms with Gasteiger partial charge < -0.3 is 0 Å². The maximum Gasteiger partial charge on any atom is 0.213 e. The lowest BCUT2D eigenvalue weighted by atomic mass is 9.95. The van der Waals surface area contributed by atoms with Gasteiger partial charge in [0.2, 0.25) is 5.69 Å². The van der Waals surface area contributed by atoms with Crippen LogP contribution in [0.4, 0.5) is 4.39 Å². The Morgan fingerprint density at radius 1 is 0.864 bits per heavy atom. The first-order chi connectivity index (χ1) is 10.4. The maximum atomic E-state index is 14.1. The fraction of sp³-hybridized carbons (Fsp3) is 0.250. The summed E-state index contributed by atoms with van der Waals surface area (Å²) in [5, 5.41) is 2.43. The molecular weight excluding hydrogens is 273 g/mol. The largest absolute Gasteiger partial charge is 0.213 e. The van der Waals surface area contributed by atoms with E-state index in [9.17, 15) is 4.39 Å². The minimum Gasteiger partial charge on any atom is -0.206 e. The molecular formula is C20H21FN+. The van der Waals surface area contributed by atoms with Crippen LogP contribution in [0, 0.1) is 33.5 Å². The van der Waals surface area contributed by atoms with Crippen LogP contribution >= 0.6 is 0 Å². The molecule has 0 aliphatic carbocycles. The van der Waals surface area contributed by atoms with E-state index < -0.39 is 0 Å². The van der Waals surface area contributed by atoms with Gasteiger partial charge in [-0.15, -0.1) is 0 Å². The average molecular weight is 294 g/mol. The van der Waals surface area contributed by atoms with Crippen molar-refractivity contribution in [2.75, 3.05) is 0 Å². The molecule has 2 heteroatoms. The van der Waals surface area contributed by atoms with Gasteiger partial charge in [0.1, 0.15) is 12.9 Å². The Kier molecular flexibility index (Phi) is 3.48. The van der Waals surface area contributed by atoms with Crippen LogP contribution in [0.15, 0.2) is 36.5 Å². The van der Waals surface area contributed by atoms with Gasteiger partial charge in [-0.3, -0.25) is 0 Å². The molecule has 0 spiro atoms. The lowest BCUT2D eigenvalue weighted by molar-refractivity contribution is -0.659. The SMILES string of the molecule is Cc1ccc2c[n+](C)c(-c3cc(C)c(F)c(C)c3C)cc2c1. The van der Waals surface area contributed by atoms with E-state index in [4.69, 9.17) is 0 Å². The number of hydrogen-bond acceptors (Lipinski definition) is 0. The van der Waals surface area contributed by atoms with Crippen molar-refractivity contribution in [3.8, 4) is 11.3 Å². The molecule has 0 aliphatic rings. The molecule has 0 saturated carbocycles. The van der Waals surface area contributed by atoms with Gasteiger partial charge in [-0.05, 0) is 61.9 Å². The highest BCUT2D eigenvalue weighted by molar-refractivity contribution is 5.85. The molecule has 0 amide bonds. The number of aromatic nitrogens is 1. The van der Waals surface area contributed by atoms with Gasteiger partial charge in [-0.1, -0.05) is 17.7 Å². The van der Waals surface area contributed by atoms with Crippen LogP contribution in [0.2, 0.25) is 0 Å². The summed E-state index contributed by atoms with van der Waals surface area (Å²) in [6.45, 7) is 7.78. The van der Waals surface area contributed by atoms with Crippen LogP contribution in [0.3, 0.4) is 0 Å². The Hall–Kier alpha value is -2.22. The van der Waals surface area contributed by atoms with Crippen molar-refractivity contribution in [2.45, 2.75) is 27.7 Å². The second kappa shape index (κ2) is 5.20. The summed E-state index contributed by atoms with van der Waals surface area (Å²) < 4.78 is 16.2. The predicted molar refractivity (Wildman–Crippen MR) is 89.5 cm³/mol. The molecule has 22 heavy (non-hydrogen) atoms. The van der Waals surface area contributed by atoms with Crippen LogP contribution in [0.1, 0.15) is 22.3 Å². The summed E-state index contributed by atoms with van der Waals surface area (Å²) in [7, 11) is 2.04. The van der Waals surface area contributed by atoms with E-state index in [0.717, 1.165) is 22.4 Å². The molecule has 0 N–H and O–H groups in total. The molecule has 0 fully saturated rings. The van der Waals surface area contributed by atoms with Gasteiger partial charge in [0.05, 0.1) is 0 Å². The first kappa shape index (κ1) is 14.7. The first-order valence-corrected chi connectivity index (χ1v) is 7.55. The predicted octanol–water partition coefficient (Wildman–Crippen LogP) is 4.70. The minimum absolute atomic E-state index is 0.0967. The number of aryl methyl sites for hydroxylation is 3. The normalized spacial score (nSPS) is 11.2. The number of halogens is 1. The third-order valence-corrected chi connectivity index (χ3v) is 4.53. The van der Waals surface area contributed by atoms with Crippen molar-refractivity contribution < 1.29 is 8.96 Å². The van der Waals surface area contributed by atoms with Crippen LogP contribution in [0.25, 0.3) is 22.0 Å². The third kappa shape index (κ3) is 2.29. The molecule has 0 atom stereocenters. The quantitative estimate of drug-likeness (QED) is 0.573. The van der Waals surface area contributed by atoms with Crippen molar-refractivity contribution in [1.29, 1.82) is 0 Å². The molecule has 1 nitrogen and oxygen atoms in total. The Balaban J connectivity index is 2.33. The van der Waals surface area contributed by atoms with Crippen LogP contribution in [0.5, 0.6) is 0 Å². The highest BCUT2D eigenvalue weighted by atomic mass is 19.1. The zero-order valence-corrected chi connectivity index (χ0v) is 13.8. The van der Waals surface area contributed by atoms with Gasteiger partial charge in [0.25, 0.3) is 0 Å². The smallest absolute Gasteiger partial charge is 0.206 e. The van der Waals surface area contributed by atoms with Gasteiger partial charge in [-0.2, -0.15) is 0 Å². The maximum absolute atomic E-state index is 14.1. The lowest BCUT2D eigenvalue weighted by Crippen LogP contribution is -2.30. The van der Waals surface area contributed by atoms with E-state index in [-0.39, 0.29) is 5.82 Å². The topological polar surface area (TPSA) is 3.88 Å². The number of pyridine rings is 1. The van der Waals surface area contributed by atoms with Crippen molar-refractivity contribution in [2.24, 2.45) is 7.05 Å². The Bertz CT molecular complexity index is 894. The molecule has 0 bridgehead atoms. The third-order valence-electron chi connectivity index (χ3n) is 4.53. The van der Waals surface area contributed by atoms with Crippen LogP contribution in [-0.2, 0) is 7.05 Å². The summed E-state index contributed by atoms with van der Waals surface area (Å²) in [5.74, 6) is -0.0967. The Labute approximate surface area is 131 Å². The molecule has 1 heterocycles. The van der Waals surface area contributed by atoms with Crippen LogP contribution < -0.4 is 4.57 Å². The standard InChI is InChI=1S/C20H21FN/c1-12-6-7-16-11-22(5)19(10-17(16)8-12)18-9-13(2)20(21)15(4)14(18)3/h6-11H,1-5H3/q+1. The van der Waals surface area contributed by atoms with E-state index in [2.05, 4.69) is 42.0 Å². The lowest BCUT2D eigenvalue weighted by Gasteiger charge is -2.11. The molecule has 3 aromatic rings. The highest BCUT2D eigenvalue weighted by Crippen LogP contribution is 2.29. The van der Waals surface area contributed by atoms with E-state index in [1.165, 1.54) is 16.3 Å². The zero-order valence-electron chi connectivity index (χ0n) is 13.8. The summed E-state index contributed by atoms with van der Waals surface area (Å²) in [5.41, 5.74) is 5.90. The molecule has 112 valence electrons. The molecule has 0 radical (unpaired) electrons. The van der Waals surface area contributed by atoms with E-state index in [1.54, 1.807) is 0 Å². The molecule has 1 aromatic heterocycles. The second-order valence-corrected chi connectivity index (χ2v) is 6.21. The van der Waals surface area contributed by atoms with E-state index >= 15 is 0 Å². The fourth-order valence-corrected chi connectivity index (χ4v) is 3.05. The number of rotatable bonds is 1. The minimum atomic E-state index is -0.0967. The average Bonchev–Trinajstić information content (AvgIpc) is 2.49. The fourth-order valence-electron chi connectivity index (χ4n) is 3.05.